The Morgan fingerprint density at radius 1 is 1.29 bits per heavy atom. The lowest BCUT2D eigenvalue weighted by Gasteiger charge is -2.19. The van der Waals surface area contributed by atoms with Crippen LogP contribution in [-0.2, 0) is 0 Å². The van der Waals surface area contributed by atoms with Crippen molar-refractivity contribution in [3.8, 4) is 0 Å². The van der Waals surface area contributed by atoms with Crippen LogP contribution < -0.4 is 10.6 Å². The number of hydrogen-bond donors (Lipinski definition) is 2. The summed E-state index contributed by atoms with van der Waals surface area (Å²) in [4.78, 5) is 0. The van der Waals surface area contributed by atoms with Gasteiger partial charge >= 0.3 is 0 Å². The molecule has 0 rings (SSSR count). The van der Waals surface area contributed by atoms with Crippen LogP contribution in [0.3, 0.4) is 0 Å². The lowest BCUT2D eigenvalue weighted by atomic mass is 10.1. The minimum Gasteiger partial charge on any atom is -0.362 e. The first-order chi connectivity index (χ1) is 6.60. The van der Waals surface area contributed by atoms with Gasteiger partial charge in [0.25, 0.3) is 0 Å². The molecule has 0 aliphatic carbocycles. The van der Waals surface area contributed by atoms with Crippen molar-refractivity contribution in [3.63, 3.8) is 0 Å². The molecule has 0 bridgehead atoms. The maximum Gasteiger partial charge on any atom is 0.166 e. The molecule has 14 heavy (non-hydrogen) atoms. The van der Waals surface area contributed by atoms with Crippen molar-refractivity contribution in [2.45, 2.75) is 53.0 Å². The van der Waals surface area contributed by atoms with Crippen LogP contribution in [0.1, 0.15) is 47.0 Å². The van der Waals surface area contributed by atoms with E-state index in [2.05, 4.69) is 38.3 Å². The van der Waals surface area contributed by atoms with Gasteiger partial charge in [-0.05, 0) is 31.0 Å². The second-order valence-corrected chi connectivity index (χ2v) is 4.55. The molecule has 0 radical (unpaired) electrons. The summed E-state index contributed by atoms with van der Waals surface area (Å²) in [6, 6.07) is 0.534. The zero-order valence-corrected chi connectivity index (χ0v) is 10.7. The third-order valence-electron chi connectivity index (χ3n) is 2.14. The van der Waals surface area contributed by atoms with Crippen LogP contribution in [0, 0.1) is 5.92 Å². The van der Waals surface area contributed by atoms with Gasteiger partial charge in [-0.1, -0.05) is 34.1 Å². The fourth-order valence-electron chi connectivity index (χ4n) is 1.26. The van der Waals surface area contributed by atoms with Crippen molar-refractivity contribution in [3.05, 3.63) is 0 Å². The lowest BCUT2D eigenvalue weighted by molar-refractivity contribution is 0.526. The fraction of sp³-hybridized carbons (Fsp3) is 0.909. The molecule has 0 aromatic rings. The molecule has 0 aliphatic rings. The van der Waals surface area contributed by atoms with Crippen molar-refractivity contribution in [2.24, 2.45) is 5.92 Å². The second kappa shape index (κ2) is 8.04. The summed E-state index contributed by atoms with van der Waals surface area (Å²) in [6.07, 6.45) is 3.54. The molecule has 2 nitrogen and oxygen atoms in total. The van der Waals surface area contributed by atoms with Crippen molar-refractivity contribution >= 4 is 17.3 Å². The molecule has 1 unspecified atom stereocenters. The fourth-order valence-corrected chi connectivity index (χ4v) is 1.51. The van der Waals surface area contributed by atoms with Gasteiger partial charge in [0.05, 0.1) is 0 Å². The molecular weight excluding hydrogens is 192 g/mol. The van der Waals surface area contributed by atoms with E-state index in [9.17, 15) is 0 Å². The summed E-state index contributed by atoms with van der Waals surface area (Å²) < 4.78 is 0. The molecule has 0 spiro atoms. The third kappa shape index (κ3) is 7.13. The number of thiocarbonyl (C=S) groups is 1. The van der Waals surface area contributed by atoms with Crippen LogP contribution in [0.15, 0.2) is 0 Å². The first kappa shape index (κ1) is 13.7. The van der Waals surface area contributed by atoms with Crippen molar-refractivity contribution in [1.82, 2.24) is 10.6 Å². The van der Waals surface area contributed by atoms with Crippen LogP contribution in [0.25, 0.3) is 0 Å². The Bertz CT molecular complexity index is 157. The van der Waals surface area contributed by atoms with Gasteiger partial charge in [-0.3, -0.25) is 0 Å². The maximum absolute atomic E-state index is 5.21. The molecule has 84 valence electrons. The monoisotopic (exact) mass is 216 g/mol. The van der Waals surface area contributed by atoms with Gasteiger partial charge in [0, 0.05) is 12.6 Å². The van der Waals surface area contributed by atoms with E-state index >= 15 is 0 Å². The topological polar surface area (TPSA) is 24.1 Å². The predicted octanol–water partition coefficient (Wildman–Crippen LogP) is 2.69. The Morgan fingerprint density at radius 3 is 2.36 bits per heavy atom. The van der Waals surface area contributed by atoms with Crippen LogP contribution in [0.4, 0.5) is 0 Å². The van der Waals surface area contributed by atoms with Gasteiger partial charge in [0.15, 0.2) is 5.11 Å². The third-order valence-corrected chi connectivity index (χ3v) is 2.40. The highest BCUT2D eigenvalue weighted by atomic mass is 32.1. The molecule has 0 aromatic heterocycles. The largest absolute Gasteiger partial charge is 0.362 e. The van der Waals surface area contributed by atoms with Crippen molar-refractivity contribution in [2.75, 3.05) is 6.54 Å². The van der Waals surface area contributed by atoms with Gasteiger partial charge in [-0.25, -0.2) is 0 Å². The molecule has 3 heteroatoms. The van der Waals surface area contributed by atoms with E-state index in [0.29, 0.717) is 12.0 Å². The number of nitrogens with one attached hydrogen (secondary N) is 2. The van der Waals surface area contributed by atoms with Crippen molar-refractivity contribution < 1.29 is 0 Å². The summed E-state index contributed by atoms with van der Waals surface area (Å²) >= 11 is 5.21. The van der Waals surface area contributed by atoms with Crippen LogP contribution in [0.5, 0.6) is 0 Å². The minimum absolute atomic E-state index is 0.534. The van der Waals surface area contributed by atoms with E-state index in [4.69, 9.17) is 12.2 Å². The number of rotatable bonds is 6. The highest BCUT2D eigenvalue weighted by molar-refractivity contribution is 7.80. The highest BCUT2D eigenvalue weighted by Crippen LogP contribution is 2.00. The quantitative estimate of drug-likeness (QED) is 0.668. The van der Waals surface area contributed by atoms with Gasteiger partial charge in [-0.15, -0.1) is 0 Å². The standard InChI is InChI=1S/C11H24N2S/c1-5-7-10(6-2)13-11(14)12-8-9(3)4/h9-10H,5-8H2,1-4H3,(H2,12,13,14). The lowest BCUT2D eigenvalue weighted by Crippen LogP contribution is -2.42. The molecule has 2 N–H and O–H groups in total. The van der Waals surface area contributed by atoms with E-state index in [-0.39, 0.29) is 0 Å². The Kier molecular flexibility index (Phi) is 7.86. The molecule has 0 fully saturated rings. The average Bonchev–Trinajstić information content (AvgIpc) is 2.14. The first-order valence-electron chi connectivity index (χ1n) is 5.64. The smallest absolute Gasteiger partial charge is 0.166 e. The van der Waals surface area contributed by atoms with Crippen molar-refractivity contribution in [1.29, 1.82) is 0 Å². The average molecular weight is 216 g/mol. The minimum atomic E-state index is 0.534. The predicted molar refractivity (Wildman–Crippen MR) is 67.6 cm³/mol. The number of hydrogen-bond acceptors (Lipinski definition) is 1. The normalized spacial score (nSPS) is 12.6. The molecular formula is C11H24N2S. The van der Waals surface area contributed by atoms with Crippen LogP contribution in [-0.4, -0.2) is 17.7 Å². The molecule has 0 saturated carbocycles. The Labute approximate surface area is 93.8 Å². The molecule has 0 saturated heterocycles. The van der Waals surface area contributed by atoms with Crippen LogP contribution >= 0.6 is 12.2 Å². The van der Waals surface area contributed by atoms with Gasteiger partial charge in [-0.2, -0.15) is 0 Å². The zero-order valence-electron chi connectivity index (χ0n) is 9.89. The summed E-state index contributed by atoms with van der Waals surface area (Å²) in [6.45, 7) is 9.71. The SMILES string of the molecule is CCCC(CC)NC(=S)NCC(C)C. The van der Waals surface area contributed by atoms with Gasteiger partial charge in [0.2, 0.25) is 0 Å². The maximum atomic E-state index is 5.21. The molecule has 1 atom stereocenters. The van der Waals surface area contributed by atoms with Gasteiger partial charge < -0.3 is 10.6 Å². The molecule has 0 aromatic carbocycles. The summed E-state index contributed by atoms with van der Waals surface area (Å²) in [5.41, 5.74) is 0. The Balaban J connectivity index is 3.67. The highest BCUT2D eigenvalue weighted by Gasteiger charge is 2.06. The Morgan fingerprint density at radius 2 is 1.93 bits per heavy atom. The summed E-state index contributed by atoms with van der Waals surface area (Å²) in [5.74, 6) is 0.640. The molecule has 0 amide bonds. The van der Waals surface area contributed by atoms with Crippen LogP contribution in [0.2, 0.25) is 0 Å². The second-order valence-electron chi connectivity index (χ2n) is 4.14. The first-order valence-corrected chi connectivity index (χ1v) is 6.05. The molecule has 0 heterocycles. The summed E-state index contributed by atoms with van der Waals surface area (Å²) in [7, 11) is 0. The molecule has 0 aliphatic heterocycles. The van der Waals surface area contributed by atoms with E-state index in [1.54, 1.807) is 0 Å². The zero-order chi connectivity index (χ0) is 11.0. The van der Waals surface area contributed by atoms with E-state index in [1.165, 1.54) is 12.8 Å². The van der Waals surface area contributed by atoms with E-state index in [0.717, 1.165) is 18.1 Å². The van der Waals surface area contributed by atoms with E-state index < -0.39 is 0 Å². The van der Waals surface area contributed by atoms with Gasteiger partial charge in [0.1, 0.15) is 0 Å². The summed E-state index contributed by atoms with van der Waals surface area (Å²) in [5, 5.41) is 7.37. The Hall–Kier alpha value is -0.310. The van der Waals surface area contributed by atoms with E-state index in [1.807, 2.05) is 0 Å².